The van der Waals surface area contributed by atoms with Crippen molar-refractivity contribution in [2.75, 3.05) is 18.0 Å². The number of nitrogens with two attached hydrogens (primary N) is 1. The number of nitrogens with zero attached hydrogens (tertiary/aromatic N) is 1. The molecule has 1 amide bonds. The van der Waals surface area contributed by atoms with Crippen molar-refractivity contribution in [2.24, 2.45) is 11.1 Å². The van der Waals surface area contributed by atoms with Gasteiger partial charge in [0.15, 0.2) is 0 Å². The molecule has 1 fully saturated rings. The second-order valence-corrected chi connectivity index (χ2v) is 5.87. The molecule has 114 valence electrons. The summed E-state index contributed by atoms with van der Waals surface area (Å²) in [6.07, 6.45) is 2.21. The number of carbonyl (C=O) groups excluding carboxylic acids is 1. The van der Waals surface area contributed by atoms with Gasteiger partial charge in [0.05, 0.1) is 5.41 Å². The van der Waals surface area contributed by atoms with Gasteiger partial charge in [0.1, 0.15) is 0 Å². The van der Waals surface area contributed by atoms with E-state index in [-0.39, 0.29) is 0 Å². The summed E-state index contributed by atoms with van der Waals surface area (Å²) in [6.45, 7) is 5.10. The Balaban J connectivity index is 2.23. The van der Waals surface area contributed by atoms with Crippen molar-refractivity contribution in [3.8, 4) is 0 Å². The predicted octanol–water partition coefficient (Wildman–Crippen LogP) is 2.18. The molecule has 0 saturated carbocycles. The number of carboxylic acid groups (broad SMARTS) is 1. The molecular weight excluding hydrogens is 268 g/mol. The SMILES string of the molecule is CCCC1(C(=O)O)CCN(c2ccc(C(N)=O)c(C)c2)C1. The van der Waals surface area contributed by atoms with E-state index in [1.54, 1.807) is 6.07 Å². The Hall–Kier alpha value is -2.04. The summed E-state index contributed by atoms with van der Waals surface area (Å²) < 4.78 is 0. The first-order valence-electron chi connectivity index (χ1n) is 7.28. The lowest BCUT2D eigenvalue weighted by Gasteiger charge is -2.25. The number of primary amides is 1. The third-order valence-corrected chi connectivity index (χ3v) is 4.38. The molecule has 1 atom stereocenters. The highest BCUT2D eigenvalue weighted by Crippen LogP contribution is 2.38. The molecule has 3 N–H and O–H groups in total. The summed E-state index contributed by atoms with van der Waals surface area (Å²) in [5.41, 5.74) is 6.95. The monoisotopic (exact) mass is 290 g/mol. The lowest BCUT2D eigenvalue weighted by Crippen LogP contribution is -2.34. The van der Waals surface area contributed by atoms with Crippen LogP contribution in [0.2, 0.25) is 0 Å². The summed E-state index contributed by atoms with van der Waals surface area (Å²) in [7, 11) is 0. The Bertz CT molecular complexity index is 571. The summed E-state index contributed by atoms with van der Waals surface area (Å²) in [6, 6.07) is 5.47. The molecule has 5 heteroatoms. The second kappa shape index (κ2) is 5.76. The van der Waals surface area contributed by atoms with Crippen molar-refractivity contribution in [1.82, 2.24) is 0 Å². The number of aryl methyl sites for hydroxylation is 1. The normalized spacial score (nSPS) is 21.5. The van der Waals surface area contributed by atoms with Crippen LogP contribution < -0.4 is 10.6 Å². The van der Waals surface area contributed by atoms with Crippen molar-refractivity contribution in [3.05, 3.63) is 29.3 Å². The fourth-order valence-corrected chi connectivity index (χ4v) is 3.18. The highest BCUT2D eigenvalue weighted by molar-refractivity contribution is 5.94. The number of aliphatic carboxylic acids is 1. The zero-order chi connectivity index (χ0) is 15.6. The number of rotatable bonds is 5. The maximum absolute atomic E-state index is 11.6. The Morgan fingerprint density at radius 3 is 2.67 bits per heavy atom. The second-order valence-electron chi connectivity index (χ2n) is 5.87. The fraction of sp³-hybridized carbons (Fsp3) is 0.500. The molecule has 21 heavy (non-hydrogen) atoms. The van der Waals surface area contributed by atoms with Crippen molar-refractivity contribution in [1.29, 1.82) is 0 Å². The lowest BCUT2D eigenvalue weighted by atomic mass is 9.83. The quantitative estimate of drug-likeness (QED) is 0.870. The molecular formula is C16H22N2O3. The van der Waals surface area contributed by atoms with Gasteiger partial charge >= 0.3 is 5.97 Å². The van der Waals surface area contributed by atoms with Crippen LogP contribution in [-0.2, 0) is 4.79 Å². The minimum absolute atomic E-state index is 0.439. The van der Waals surface area contributed by atoms with Gasteiger partial charge < -0.3 is 15.7 Å². The smallest absolute Gasteiger partial charge is 0.311 e. The van der Waals surface area contributed by atoms with E-state index in [0.29, 0.717) is 24.9 Å². The average Bonchev–Trinajstić information content (AvgIpc) is 2.84. The molecule has 1 saturated heterocycles. The molecule has 0 bridgehead atoms. The number of carbonyl (C=O) groups is 2. The highest BCUT2D eigenvalue weighted by atomic mass is 16.4. The number of amides is 1. The van der Waals surface area contributed by atoms with E-state index in [1.165, 1.54) is 0 Å². The van der Waals surface area contributed by atoms with E-state index in [0.717, 1.165) is 24.2 Å². The molecule has 1 unspecified atom stereocenters. The van der Waals surface area contributed by atoms with E-state index in [2.05, 4.69) is 4.90 Å². The molecule has 5 nitrogen and oxygen atoms in total. The molecule has 0 aliphatic carbocycles. The molecule has 0 aromatic heterocycles. The van der Waals surface area contributed by atoms with Gasteiger partial charge in [-0.2, -0.15) is 0 Å². The molecule has 0 spiro atoms. The van der Waals surface area contributed by atoms with E-state index < -0.39 is 17.3 Å². The van der Waals surface area contributed by atoms with E-state index in [9.17, 15) is 14.7 Å². The van der Waals surface area contributed by atoms with Crippen LogP contribution in [0.15, 0.2) is 18.2 Å². The standard InChI is InChI=1S/C16H22N2O3/c1-3-6-16(15(20)21)7-8-18(10-16)12-4-5-13(14(17)19)11(2)9-12/h4-5,9H,3,6-8,10H2,1-2H3,(H2,17,19)(H,20,21). The van der Waals surface area contributed by atoms with E-state index in [1.807, 2.05) is 26.0 Å². The third-order valence-electron chi connectivity index (χ3n) is 4.38. The van der Waals surface area contributed by atoms with E-state index in [4.69, 9.17) is 5.73 Å². The zero-order valence-corrected chi connectivity index (χ0v) is 12.6. The molecule has 1 aromatic rings. The molecule has 0 radical (unpaired) electrons. The molecule has 1 aliphatic heterocycles. The zero-order valence-electron chi connectivity index (χ0n) is 12.6. The maximum Gasteiger partial charge on any atom is 0.311 e. The lowest BCUT2D eigenvalue weighted by molar-refractivity contribution is -0.148. The number of hydrogen-bond donors (Lipinski definition) is 2. The van der Waals surface area contributed by atoms with Crippen molar-refractivity contribution in [2.45, 2.75) is 33.1 Å². The summed E-state index contributed by atoms with van der Waals surface area (Å²) in [5.74, 6) is -1.15. The van der Waals surface area contributed by atoms with Crippen LogP contribution in [0.4, 0.5) is 5.69 Å². The van der Waals surface area contributed by atoms with Crippen LogP contribution in [0.3, 0.4) is 0 Å². The fourth-order valence-electron chi connectivity index (χ4n) is 3.18. The maximum atomic E-state index is 11.6. The Morgan fingerprint density at radius 2 is 2.14 bits per heavy atom. The average molecular weight is 290 g/mol. The van der Waals surface area contributed by atoms with Crippen molar-refractivity contribution < 1.29 is 14.7 Å². The van der Waals surface area contributed by atoms with Crippen molar-refractivity contribution >= 4 is 17.6 Å². The molecule has 1 heterocycles. The number of hydrogen-bond acceptors (Lipinski definition) is 3. The van der Waals surface area contributed by atoms with Gasteiger partial charge in [-0.05, 0) is 43.5 Å². The third kappa shape index (κ3) is 2.86. The van der Waals surface area contributed by atoms with Gasteiger partial charge in [-0.3, -0.25) is 9.59 Å². The number of carboxylic acids is 1. The van der Waals surface area contributed by atoms with Crippen LogP contribution in [0.1, 0.15) is 42.1 Å². The van der Waals surface area contributed by atoms with E-state index >= 15 is 0 Å². The molecule has 1 aliphatic rings. The molecule has 1 aromatic carbocycles. The van der Waals surface area contributed by atoms with Crippen LogP contribution >= 0.6 is 0 Å². The summed E-state index contributed by atoms with van der Waals surface area (Å²) >= 11 is 0. The Kier molecular flexibility index (Phi) is 4.21. The first-order valence-corrected chi connectivity index (χ1v) is 7.28. The van der Waals surface area contributed by atoms with Crippen LogP contribution in [0, 0.1) is 12.3 Å². The van der Waals surface area contributed by atoms with Crippen LogP contribution in [0.25, 0.3) is 0 Å². The summed E-state index contributed by atoms with van der Waals surface area (Å²) in [4.78, 5) is 25.0. The van der Waals surface area contributed by atoms with Gasteiger partial charge in [0.2, 0.25) is 5.91 Å². The highest BCUT2D eigenvalue weighted by Gasteiger charge is 2.44. The minimum Gasteiger partial charge on any atom is -0.481 e. The van der Waals surface area contributed by atoms with Gasteiger partial charge in [0.25, 0.3) is 0 Å². The Labute approximate surface area is 124 Å². The van der Waals surface area contributed by atoms with Crippen LogP contribution in [0.5, 0.6) is 0 Å². The first-order chi connectivity index (χ1) is 9.89. The summed E-state index contributed by atoms with van der Waals surface area (Å²) in [5, 5.41) is 9.54. The molecule has 2 rings (SSSR count). The van der Waals surface area contributed by atoms with Gasteiger partial charge in [-0.1, -0.05) is 13.3 Å². The Morgan fingerprint density at radius 1 is 1.43 bits per heavy atom. The number of benzene rings is 1. The van der Waals surface area contributed by atoms with Gasteiger partial charge in [0, 0.05) is 24.3 Å². The van der Waals surface area contributed by atoms with Gasteiger partial charge in [-0.25, -0.2) is 0 Å². The van der Waals surface area contributed by atoms with Crippen LogP contribution in [-0.4, -0.2) is 30.1 Å². The van der Waals surface area contributed by atoms with Crippen molar-refractivity contribution in [3.63, 3.8) is 0 Å². The first kappa shape index (κ1) is 15.4. The van der Waals surface area contributed by atoms with Gasteiger partial charge in [-0.15, -0.1) is 0 Å². The number of anilines is 1. The largest absolute Gasteiger partial charge is 0.481 e. The predicted molar refractivity (Wildman–Crippen MR) is 81.5 cm³/mol. The minimum atomic E-state index is -0.711. The topological polar surface area (TPSA) is 83.6 Å².